The Morgan fingerprint density at radius 1 is 0.903 bits per heavy atom. The van der Waals surface area contributed by atoms with Crippen LogP contribution in [-0.4, -0.2) is 43.3 Å². The average Bonchev–Trinajstić information content (AvgIpc) is 3.30. The quantitative estimate of drug-likeness (QED) is 0.520. The molecule has 8 heteroatoms. The van der Waals surface area contributed by atoms with Gasteiger partial charge in [-0.15, -0.1) is 0 Å². The zero-order valence-corrected chi connectivity index (χ0v) is 17.3. The molecule has 0 spiro atoms. The number of carbonyl (C=O) groups excluding carboxylic acids is 3. The summed E-state index contributed by atoms with van der Waals surface area (Å²) in [4.78, 5) is 38.0. The number of nitrogens with one attached hydrogen (secondary N) is 3. The molecular weight excluding hydrogens is 396 g/mol. The molecule has 160 valence electrons. The summed E-state index contributed by atoms with van der Waals surface area (Å²) in [7, 11) is 3.38. The molecule has 0 radical (unpaired) electrons. The van der Waals surface area contributed by atoms with E-state index in [1.807, 2.05) is 0 Å². The van der Waals surface area contributed by atoms with E-state index >= 15 is 0 Å². The maximum atomic E-state index is 12.3. The number of rotatable bonds is 8. The van der Waals surface area contributed by atoms with Crippen LogP contribution < -0.4 is 16.0 Å². The van der Waals surface area contributed by atoms with Crippen molar-refractivity contribution in [3.8, 4) is 0 Å². The summed E-state index contributed by atoms with van der Waals surface area (Å²) >= 11 is 0. The Morgan fingerprint density at radius 2 is 1.68 bits per heavy atom. The number of benzene rings is 2. The SMILES string of the molecule is CN(C)C(=O)c1ccc(NCC(=O)Nc2cccc(C(=O)NCc3ccco3)c2)cc1. The van der Waals surface area contributed by atoms with E-state index in [9.17, 15) is 14.4 Å². The molecule has 0 atom stereocenters. The van der Waals surface area contributed by atoms with E-state index in [0.29, 0.717) is 22.6 Å². The van der Waals surface area contributed by atoms with Crippen LogP contribution in [0, 0.1) is 0 Å². The summed E-state index contributed by atoms with van der Waals surface area (Å²) in [6.07, 6.45) is 1.55. The third kappa shape index (κ3) is 6.20. The zero-order chi connectivity index (χ0) is 22.2. The van der Waals surface area contributed by atoms with Crippen LogP contribution in [0.15, 0.2) is 71.3 Å². The summed E-state index contributed by atoms with van der Waals surface area (Å²) in [5, 5.41) is 8.53. The van der Waals surface area contributed by atoms with E-state index in [4.69, 9.17) is 4.42 Å². The Balaban J connectivity index is 1.50. The Morgan fingerprint density at radius 3 is 2.35 bits per heavy atom. The van der Waals surface area contributed by atoms with Crippen LogP contribution in [0.5, 0.6) is 0 Å². The van der Waals surface area contributed by atoms with Crippen molar-refractivity contribution < 1.29 is 18.8 Å². The van der Waals surface area contributed by atoms with Crippen LogP contribution in [0.4, 0.5) is 11.4 Å². The molecule has 0 saturated carbocycles. The molecule has 0 aliphatic carbocycles. The third-order valence-electron chi connectivity index (χ3n) is 4.40. The van der Waals surface area contributed by atoms with Gasteiger partial charge in [-0.25, -0.2) is 0 Å². The fourth-order valence-electron chi connectivity index (χ4n) is 2.80. The standard InChI is InChI=1S/C23H24N4O4/c1-27(2)23(30)16-8-10-18(11-9-16)24-15-21(28)26-19-6-3-5-17(13-19)22(29)25-14-20-7-4-12-31-20/h3-13,24H,14-15H2,1-2H3,(H,25,29)(H,26,28). The highest BCUT2D eigenvalue weighted by Crippen LogP contribution is 2.13. The van der Waals surface area contributed by atoms with Crippen LogP contribution in [0.1, 0.15) is 26.5 Å². The van der Waals surface area contributed by atoms with E-state index in [-0.39, 0.29) is 30.8 Å². The minimum Gasteiger partial charge on any atom is -0.467 e. The van der Waals surface area contributed by atoms with E-state index < -0.39 is 0 Å². The first-order valence-corrected chi connectivity index (χ1v) is 9.68. The van der Waals surface area contributed by atoms with Crippen molar-refractivity contribution in [3.05, 3.63) is 83.8 Å². The number of hydrogen-bond donors (Lipinski definition) is 3. The van der Waals surface area contributed by atoms with Crippen molar-refractivity contribution in [2.75, 3.05) is 31.3 Å². The summed E-state index contributed by atoms with van der Waals surface area (Å²) in [6.45, 7) is 0.321. The van der Waals surface area contributed by atoms with Gasteiger partial charge in [-0.05, 0) is 54.6 Å². The minimum absolute atomic E-state index is 0.0376. The van der Waals surface area contributed by atoms with Crippen LogP contribution in [0.3, 0.4) is 0 Å². The van der Waals surface area contributed by atoms with Crippen LogP contribution >= 0.6 is 0 Å². The topological polar surface area (TPSA) is 104 Å². The molecule has 3 rings (SSSR count). The molecule has 3 aromatic rings. The van der Waals surface area contributed by atoms with Gasteiger partial charge in [0.2, 0.25) is 5.91 Å². The Bertz CT molecular complexity index is 1040. The second-order valence-corrected chi connectivity index (χ2v) is 7.02. The highest BCUT2D eigenvalue weighted by molar-refractivity contribution is 5.98. The molecule has 2 aromatic carbocycles. The molecule has 8 nitrogen and oxygen atoms in total. The van der Waals surface area contributed by atoms with Crippen molar-refractivity contribution in [1.29, 1.82) is 0 Å². The van der Waals surface area contributed by atoms with Crippen molar-refractivity contribution in [2.24, 2.45) is 0 Å². The summed E-state index contributed by atoms with van der Waals surface area (Å²) in [5.74, 6) is 0.0416. The number of amides is 3. The molecule has 0 aliphatic rings. The predicted molar refractivity (Wildman–Crippen MR) is 118 cm³/mol. The number of furan rings is 1. The maximum absolute atomic E-state index is 12.3. The molecule has 1 aromatic heterocycles. The van der Waals surface area contributed by atoms with E-state index in [2.05, 4.69) is 16.0 Å². The summed E-state index contributed by atoms with van der Waals surface area (Å²) < 4.78 is 5.19. The summed E-state index contributed by atoms with van der Waals surface area (Å²) in [6, 6.07) is 17.1. The number of anilines is 2. The first kappa shape index (κ1) is 21.6. The molecular formula is C23H24N4O4. The molecule has 0 bridgehead atoms. The van der Waals surface area contributed by atoms with Gasteiger partial charge in [0.05, 0.1) is 19.4 Å². The van der Waals surface area contributed by atoms with Gasteiger partial charge in [0.25, 0.3) is 11.8 Å². The van der Waals surface area contributed by atoms with Crippen molar-refractivity contribution in [3.63, 3.8) is 0 Å². The Kier molecular flexibility index (Phi) is 7.05. The molecule has 3 amide bonds. The molecule has 31 heavy (non-hydrogen) atoms. The smallest absolute Gasteiger partial charge is 0.253 e. The van der Waals surface area contributed by atoms with Crippen molar-refractivity contribution >= 4 is 29.1 Å². The monoisotopic (exact) mass is 420 g/mol. The van der Waals surface area contributed by atoms with Gasteiger partial charge >= 0.3 is 0 Å². The minimum atomic E-state index is -0.266. The highest BCUT2D eigenvalue weighted by Gasteiger charge is 2.10. The fraction of sp³-hybridized carbons (Fsp3) is 0.174. The lowest BCUT2D eigenvalue weighted by atomic mass is 10.2. The first-order chi connectivity index (χ1) is 14.9. The molecule has 3 N–H and O–H groups in total. The van der Waals surface area contributed by atoms with E-state index in [1.165, 1.54) is 4.90 Å². The number of carbonyl (C=O) groups is 3. The lowest BCUT2D eigenvalue weighted by molar-refractivity contribution is -0.114. The zero-order valence-electron chi connectivity index (χ0n) is 17.3. The molecule has 0 aliphatic heterocycles. The van der Waals surface area contributed by atoms with Gasteiger partial charge in [0, 0.05) is 36.6 Å². The number of nitrogens with zero attached hydrogens (tertiary/aromatic N) is 1. The van der Waals surface area contributed by atoms with Crippen LogP contribution in [0.25, 0.3) is 0 Å². The van der Waals surface area contributed by atoms with Gasteiger partial charge < -0.3 is 25.3 Å². The number of hydrogen-bond acceptors (Lipinski definition) is 5. The Hall–Kier alpha value is -4.07. The summed E-state index contributed by atoms with van der Waals surface area (Å²) in [5.41, 5.74) is 2.24. The predicted octanol–water partition coefficient (Wildman–Crippen LogP) is 2.96. The van der Waals surface area contributed by atoms with Gasteiger partial charge in [-0.1, -0.05) is 6.07 Å². The van der Waals surface area contributed by atoms with Gasteiger partial charge in [-0.2, -0.15) is 0 Å². The largest absolute Gasteiger partial charge is 0.467 e. The van der Waals surface area contributed by atoms with E-state index in [0.717, 1.165) is 5.69 Å². The second-order valence-electron chi connectivity index (χ2n) is 7.02. The van der Waals surface area contributed by atoms with Gasteiger partial charge in [0.15, 0.2) is 0 Å². The van der Waals surface area contributed by atoms with Crippen LogP contribution in [-0.2, 0) is 11.3 Å². The average molecular weight is 420 g/mol. The molecule has 0 fully saturated rings. The van der Waals surface area contributed by atoms with Crippen molar-refractivity contribution in [1.82, 2.24) is 10.2 Å². The lowest BCUT2D eigenvalue weighted by Gasteiger charge is -2.12. The van der Waals surface area contributed by atoms with E-state index in [1.54, 1.807) is 81.0 Å². The van der Waals surface area contributed by atoms with Gasteiger partial charge in [-0.3, -0.25) is 14.4 Å². The normalized spacial score (nSPS) is 10.3. The molecule has 0 saturated heterocycles. The Labute approximate surface area is 180 Å². The fourth-order valence-corrected chi connectivity index (χ4v) is 2.80. The van der Waals surface area contributed by atoms with Gasteiger partial charge in [0.1, 0.15) is 5.76 Å². The molecule has 0 unspecified atom stereocenters. The first-order valence-electron chi connectivity index (χ1n) is 9.68. The second kappa shape index (κ2) is 10.1. The lowest BCUT2D eigenvalue weighted by Crippen LogP contribution is -2.24. The van der Waals surface area contributed by atoms with Crippen LogP contribution in [0.2, 0.25) is 0 Å². The molecule has 1 heterocycles. The maximum Gasteiger partial charge on any atom is 0.253 e. The third-order valence-corrected chi connectivity index (χ3v) is 4.40. The van der Waals surface area contributed by atoms with Crippen molar-refractivity contribution in [2.45, 2.75) is 6.54 Å². The highest BCUT2D eigenvalue weighted by atomic mass is 16.3.